The fraction of sp³-hybridized carbons (Fsp3) is 0.235. The van der Waals surface area contributed by atoms with Crippen LogP contribution in [0, 0.1) is 0 Å². The van der Waals surface area contributed by atoms with Gasteiger partial charge in [0.05, 0.1) is 24.9 Å². The van der Waals surface area contributed by atoms with Crippen molar-refractivity contribution in [1.82, 2.24) is 29.9 Å². The zero-order valence-electron chi connectivity index (χ0n) is 13.7. The number of fused-ring (bicyclic) bond motifs is 2. The molecule has 1 aromatic carbocycles. The molecule has 0 amide bonds. The lowest BCUT2D eigenvalue weighted by Crippen LogP contribution is -2.22. The average Bonchev–Trinajstić information content (AvgIpc) is 3.04. The van der Waals surface area contributed by atoms with Crippen LogP contribution in [0.1, 0.15) is 5.56 Å². The standard InChI is InChI=1S/C17H17N7O/c1-23(7-8-25)15-10-19-16-17(20-15)24(22-21-16)11-12-4-5-14-13(9-12)3-2-6-18-14/h2-6,9-10,25H,7-8,11H2,1H3. The molecule has 0 fully saturated rings. The van der Waals surface area contributed by atoms with E-state index in [1.54, 1.807) is 17.1 Å². The number of anilines is 1. The highest BCUT2D eigenvalue weighted by atomic mass is 16.3. The van der Waals surface area contributed by atoms with Crippen LogP contribution in [0.2, 0.25) is 0 Å². The number of hydrogen-bond acceptors (Lipinski definition) is 7. The van der Waals surface area contributed by atoms with Gasteiger partial charge in [-0.15, -0.1) is 5.10 Å². The summed E-state index contributed by atoms with van der Waals surface area (Å²) in [4.78, 5) is 15.1. The molecule has 25 heavy (non-hydrogen) atoms. The van der Waals surface area contributed by atoms with E-state index >= 15 is 0 Å². The van der Waals surface area contributed by atoms with Crippen molar-refractivity contribution in [3.05, 3.63) is 48.3 Å². The van der Waals surface area contributed by atoms with E-state index in [4.69, 9.17) is 5.11 Å². The molecule has 0 radical (unpaired) electrons. The molecule has 0 spiro atoms. The maximum absolute atomic E-state index is 9.08. The van der Waals surface area contributed by atoms with Crippen LogP contribution in [-0.4, -0.2) is 55.3 Å². The summed E-state index contributed by atoms with van der Waals surface area (Å²) in [5, 5.41) is 18.4. The lowest BCUT2D eigenvalue weighted by atomic mass is 10.1. The molecule has 0 saturated carbocycles. The van der Waals surface area contributed by atoms with Crippen LogP contribution in [0.4, 0.5) is 5.82 Å². The van der Waals surface area contributed by atoms with Crippen molar-refractivity contribution in [2.75, 3.05) is 25.1 Å². The van der Waals surface area contributed by atoms with Gasteiger partial charge in [-0.25, -0.2) is 14.6 Å². The summed E-state index contributed by atoms with van der Waals surface area (Å²) in [7, 11) is 1.86. The predicted octanol–water partition coefficient (Wildman–Crippen LogP) is 1.25. The number of benzene rings is 1. The molecular formula is C17H17N7O. The van der Waals surface area contributed by atoms with Crippen LogP contribution < -0.4 is 4.90 Å². The van der Waals surface area contributed by atoms with Crippen molar-refractivity contribution in [3.8, 4) is 0 Å². The third-order valence-electron chi connectivity index (χ3n) is 4.04. The van der Waals surface area contributed by atoms with Gasteiger partial charge in [-0.05, 0) is 23.8 Å². The van der Waals surface area contributed by atoms with Crippen LogP contribution in [0.5, 0.6) is 0 Å². The van der Waals surface area contributed by atoms with Crippen molar-refractivity contribution in [2.24, 2.45) is 0 Å². The first-order valence-corrected chi connectivity index (χ1v) is 7.96. The topological polar surface area (TPSA) is 92.8 Å². The molecule has 0 bridgehead atoms. The molecule has 4 aromatic rings. The molecule has 8 heteroatoms. The van der Waals surface area contributed by atoms with Crippen LogP contribution in [0.15, 0.2) is 42.7 Å². The van der Waals surface area contributed by atoms with Crippen molar-refractivity contribution in [1.29, 1.82) is 0 Å². The summed E-state index contributed by atoms with van der Waals surface area (Å²) in [6.45, 7) is 1.08. The Hall–Kier alpha value is -3.13. The highest BCUT2D eigenvalue weighted by molar-refractivity contribution is 5.79. The van der Waals surface area contributed by atoms with Crippen LogP contribution in [-0.2, 0) is 6.54 Å². The Balaban J connectivity index is 1.69. The molecule has 8 nitrogen and oxygen atoms in total. The SMILES string of the molecule is CN(CCO)c1cnc2nnn(Cc3ccc4ncccc4c3)c2n1. The summed E-state index contributed by atoms with van der Waals surface area (Å²) < 4.78 is 1.73. The predicted molar refractivity (Wildman–Crippen MR) is 94.3 cm³/mol. The molecule has 3 aromatic heterocycles. The first kappa shape index (κ1) is 15.4. The molecule has 1 N–H and O–H groups in total. The number of nitrogens with zero attached hydrogens (tertiary/aromatic N) is 7. The Kier molecular flexibility index (Phi) is 3.95. The zero-order chi connectivity index (χ0) is 17.2. The van der Waals surface area contributed by atoms with E-state index in [-0.39, 0.29) is 6.61 Å². The summed E-state index contributed by atoms with van der Waals surface area (Å²) in [6.07, 6.45) is 3.42. The molecule has 0 aliphatic rings. The van der Waals surface area contributed by atoms with Gasteiger partial charge in [-0.3, -0.25) is 4.98 Å². The Labute approximate surface area is 143 Å². The van der Waals surface area contributed by atoms with E-state index in [0.717, 1.165) is 16.5 Å². The van der Waals surface area contributed by atoms with E-state index in [0.29, 0.717) is 30.2 Å². The minimum Gasteiger partial charge on any atom is -0.395 e. The van der Waals surface area contributed by atoms with Gasteiger partial charge in [0.1, 0.15) is 5.82 Å². The molecule has 126 valence electrons. The highest BCUT2D eigenvalue weighted by Gasteiger charge is 2.11. The van der Waals surface area contributed by atoms with Crippen LogP contribution in [0.3, 0.4) is 0 Å². The van der Waals surface area contributed by atoms with Gasteiger partial charge in [0.15, 0.2) is 5.65 Å². The van der Waals surface area contributed by atoms with Gasteiger partial charge in [0.25, 0.3) is 0 Å². The van der Waals surface area contributed by atoms with E-state index < -0.39 is 0 Å². The monoisotopic (exact) mass is 335 g/mol. The molecule has 0 aliphatic carbocycles. The molecule has 0 unspecified atom stereocenters. The summed E-state index contributed by atoms with van der Waals surface area (Å²) >= 11 is 0. The highest BCUT2D eigenvalue weighted by Crippen LogP contribution is 2.17. The first-order chi connectivity index (χ1) is 12.2. The van der Waals surface area contributed by atoms with Crippen LogP contribution >= 0.6 is 0 Å². The first-order valence-electron chi connectivity index (χ1n) is 7.96. The molecular weight excluding hydrogens is 318 g/mol. The van der Waals surface area contributed by atoms with Gasteiger partial charge in [0, 0.05) is 25.2 Å². The minimum absolute atomic E-state index is 0.0544. The van der Waals surface area contributed by atoms with E-state index in [9.17, 15) is 0 Å². The molecule has 3 heterocycles. The fourth-order valence-electron chi connectivity index (χ4n) is 2.70. The lowest BCUT2D eigenvalue weighted by Gasteiger charge is -2.15. The number of pyridine rings is 1. The third-order valence-corrected chi connectivity index (χ3v) is 4.04. The second kappa shape index (κ2) is 6.40. The second-order valence-electron chi connectivity index (χ2n) is 5.80. The van der Waals surface area contributed by atoms with Crippen molar-refractivity contribution < 1.29 is 5.11 Å². The van der Waals surface area contributed by atoms with E-state index in [1.165, 1.54) is 0 Å². The van der Waals surface area contributed by atoms with Gasteiger partial charge < -0.3 is 10.0 Å². The Morgan fingerprint density at radius 1 is 1.20 bits per heavy atom. The van der Waals surface area contributed by atoms with Gasteiger partial charge in [-0.2, -0.15) is 0 Å². The van der Waals surface area contributed by atoms with Gasteiger partial charge in [-0.1, -0.05) is 17.3 Å². The molecule has 0 aliphatic heterocycles. The second-order valence-corrected chi connectivity index (χ2v) is 5.80. The number of aliphatic hydroxyl groups is 1. The number of aliphatic hydroxyl groups excluding tert-OH is 1. The van der Waals surface area contributed by atoms with Crippen LogP contribution in [0.25, 0.3) is 22.2 Å². The maximum atomic E-state index is 9.08. The Morgan fingerprint density at radius 2 is 2.12 bits per heavy atom. The van der Waals surface area contributed by atoms with E-state index in [2.05, 4.69) is 31.3 Å². The van der Waals surface area contributed by atoms with Crippen molar-refractivity contribution in [3.63, 3.8) is 0 Å². The van der Waals surface area contributed by atoms with Crippen molar-refractivity contribution in [2.45, 2.75) is 6.54 Å². The number of rotatable bonds is 5. The summed E-state index contributed by atoms with van der Waals surface area (Å²) in [5.41, 5.74) is 3.17. The van der Waals surface area contributed by atoms with Gasteiger partial charge in [0.2, 0.25) is 5.65 Å². The lowest BCUT2D eigenvalue weighted by molar-refractivity contribution is 0.304. The number of hydrogen-bond donors (Lipinski definition) is 1. The smallest absolute Gasteiger partial charge is 0.221 e. The summed E-state index contributed by atoms with van der Waals surface area (Å²) in [5.74, 6) is 0.674. The Bertz CT molecular complexity index is 1030. The average molecular weight is 335 g/mol. The van der Waals surface area contributed by atoms with Gasteiger partial charge >= 0.3 is 0 Å². The molecule has 0 atom stereocenters. The van der Waals surface area contributed by atoms with E-state index in [1.807, 2.05) is 36.2 Å². The Morgan fingerprint density at radius 3 is 3.00 bits per heavy atom. The quantitative estimate of drug-likeness (QED) is 0.586. The number of aromatic nitrogens is 6. The number of likely N-dealkylation sites (N-methyl/N-ethyl adjacent to an activating group) is 1. The maximum Gasteiger partial charge on any atom is 0.221 e. The molecule has 0 saturated heterocycles. The third kappa shape index (κ3) is 2.99. The normalized spacial score (nSPS) is 11.3. The zero-order valence-corrected chi connectivity index (χ0v) is 13.7. The fourth-order valence-corrected chi connectivity index (χ4v) is 2.70. The summed E-state index contributed by atoms with van der Waals surface area (Å²) in [6, 6.07) is 10.1. The largest absolute Gasteiger partial charge is 0.395 e. The van der Waals surface area contributed by atoms with Crippen molar-refractivity contribution >= 4 is 28.0 Å². The molecule has 4 rings (SSSR count). The minimum atomic E-state index is 0.0544.